The van der Waals surface area contributed by atoms with Crippen molar-refractivity contribution in [1.82, 2.24) is 9.80 Å². The molecule has 0 aromatic rings. The number of hydrogen-bond acceptors (Lipinski definition) is 4. The number of piperazine rings is 1. The Kier molecular flexibility index (Phi) is 4.56. The van der Waals surface area contributed by atoms with Crippen molar-refractivity contribution in [2.45, 2.75) is 57.7 Å². The second-order valence-electron chi connectivity index (χ2n) is 7.08. The molecule has 0 bridgehead atoms. The SMILES string of the molecule is CC(C)N1CCN(C2(CN)CCOC(C)(C)C2)CC1. The number of nitrogens with zero attached hydrogens (tertiary/aromatic N) is 2. The molecule has 1 atom stereocenters. The van der Waals surface area contributed by atoms with Crippen LogP contribution in [0, 0.1) is 0 Å². The standard InChI is InChI=1S/C15H31N3O/c1-13(2)17-6-8-18(9-7-17)15(12-16)5-10-19-14(3,4)11-15/h13H,5-12,16H2,1-4H3. The first kappa shape index (κ1) is 15.2. The largest absolute Gasteiger partial charge is 0.375 e. The molecule has 2 N–H and O–H groups in total. The summed E-state index contributed by atoms with van der Waals surface area (Å²) < 4.78 is 5.88. The Morgan fingerprint density at radius 1 is 1.16 bits per heavy atom. The van der Waals surface area contributed by atoms with E-state index in [2.05, 4.69) is 37.5 Å². The molecule has 0 aliphatic carbocycles. The highest BCUT2D eigenvalue weighted by Gasteiger charge is 2.44. The normalized spacial score (nSPS) is 33.8. The van der Waals surface area contributed by atoms with E-state index in [0.717, 1.165) is 39.1 Å². The second-order valence-corrected chi connectivity index (χ2v) is 7.08. The van der Waals surface area contributed by atoms with E-state index in [4.69, 9.17) is 10.5 Å². The fourth-order valence-corrected chi connectivity index (χ4v) is 3.74. The summed E-state index contributed by atoms with van der Waals surface area (Å²) in [6.45, 7) is 15.2. The fraction of sp³-hybridized carbons (Fsp3) is 1.00. The molecule has 1 unspecified atom stereocenters. The lowest BCUT2D eigenvalue weighted by Crippen LogP contribution is -2.64. The van der Waals surface area contributed by atoms with Gasteiger partial charge in [0.05, 0.1) is 5.60 Å². The number of nitrogens with two attached hydrogens (primary N) is 1. The molecule has 2 aliphatic heterocycles. The topological polar surface area (TPSA) is 41.7 Å². The summed E-state index contributed by atoms with van der Waals surface area (Å²) in [5.74, 6) is 0. The molecule has 19 heavy (non-hydrogen) atoms. The van der Waals surface area contributed by atoms with Crippen molar-refractivity contribution in [1.29, 1.82) is 0 Å². The third-order valence-corrected chi connectivity index (χ3v) is 4.91. The van der Waals surface area contributed by atoms with E-state index in [1.165, 1.54) is 13.1 Å². The number of hydrogen-bond donors (Lipinski definition) is 1. The van der Waals surface area contributed by atoms with E-state index in [-0.39, 0.29) is 11.1 Å². The van der Waals surface area contributed by atoms with Crippen LogP contribution >= 0.6 is 0 Å². The third kappa shape index (κ3) is 3.30. The van der Waals surface area contributed by atoms with E-state index >= 15 is 0 Å². The summed E-state index contributed by atoms with van der Waals surface area (Å²) in [5, 5.41) is 0. The average molecular weight is 269 g/mol. The van der Waals surface area contributed by atoms with Gasteiger partial charge in [-0.3, -0.25) is 9.80 Å². The Balaban J connectivity index is 2.02. The molecule has 0 aromatic carbocycles. The molecule has 2 rings (SSSR count). The van der Waals surface area contributed by atoms with Crippen LogP contribution in [0.2, 0.25) is 0 Å². The van der Waals surface area contributed by atoms with Gasteiger partial charge in [-0.2, -0.15) is 0 Å². The smallest absolute Gasteiger partial charge is 0.0644 e. The number of rotatable bonds is 3. The van der Waals surface area contributed by atoms with Gasteiger partial charge in [0.15, 0.2) is 0 Å². The number of ether oxygens (including phenoxy) is 1. The van der Waals surface area contributed by atoms with Crippen molar-refractivity contribution in [3.63, 3.8) is 0 Å². The van der Waals surface area contributed by atoms with Gasteiger partial charge in [0.2, 0.25) is 0 Å². The highest BCUT2D eigenvalue weighted by atomic mass is 16.5. The van der Waals surface area contributed by atoms with Crippen molar-refractivity contribution in [2.24, 2.45) is 5.73 Å². The highest BCUT2D eigenvalue weighted by Crippen LogP contribution is 2.36. The van der Waals surface area contributed by atoms with Gasteiger partial charge in [-0.25, -0.2) is 0 Å². The summed E-state index contributed by atoms with van der Waals surface area (Å²) in [7, 11) is 0. The van der Waals surface area contributed by atoms with Crippen molar-refractivity contribution < 1.29 is 4.74 Å². The van der Waals surface area contributed by atoms with Crippen LogP contribution in [-0.2, 0) is 4.74 Å². The monoisotopic (exact) mass is 269 g/mol. The maximum atomic E-state index is 6.17. The Hall–Kier alpha value is -0.160. The van der Waals surface area contributed by atoms with Crippen LogP contribution in [0.15, 0.2) is 0 Å². The van der Waals surface area contributed by atoms with Crippen molar-refractivity contribution >= 4 is 0 Å². The predicted molar refractivity (Wildman–Crippen MR) is 79.3 cm³/mol. The summed E-state index contributed by atoms with van der Waals surface area (Å²) in [6, 6.07) is 0.655. The molecule has 112 valence electrons. The second kappa shape index (κ2) is 5.68. The molecule has 2 heterocycles. The molecule has 0 amide bonds. The Morgan fingerprint density at radius 3 is 2.26 bits per heavy atom. The van der Waals surface area contributed by atoms with E-state index in [0.29, 0.717) is 6.04 Å². The van der Waals surface area contributed by atoms with Crippen LogP contribution in [-0.4, -0.2) is 66.3 Å². The van der Waals surface area contributed by atoms with Gasteiger partial charge in [-0.05, 0) is 40.5 Å². The van der Waals surface area contributed by atoms with E-state index in [1.807, 2.05) is 0 Å². The summed E-state index contributed by atoms with van der Waals surface area (Å²) in [4.78, 5) is 5.20. The van der Waals surface area contributed by atoms with Crippen LogP contribution < -0.4 is 5.73 Å². The van der Waals surface area contributed by atoms with Gasteiger partial charge in [0.25, 0.3) is 0 Å². The van der Waals surface area contributed by atoms with E-state index in [9.17, 15) is 0 Å². The van der Waals surface area contributed by atoms with Crippen molar-refractivity contribution in [3.8, 4) is 0 Å². The Bertz CT molecular complexity index is 298. The minimum absolute atomic E-state index is 0.0349. The maximum Gasteiger partial charge on any atom is 0.0644 e. The maximum absolute atomic E-state index is 6.17. The lowest BCUT2D eigenvalue weighted by atomic mass is 9.79. The van der Waals surface area contributed by atoms with Gasteiger partial charge in [-0.1, -0.05) is 0 Å². The first-order valence-corrected chi connectivity index (χ1v) is 7.72. The lowest BCUT2D eigenvalue weighted by molar-refractivity contribution is -0.125. The van der Waals surface area contributed by atoms with Gasteiger partial charge in [-0.15, -0.1) is 0 Å². The van der Waals surface area contributed by atoms with Crippen molar-refractivity contribution in [3.05, 3.63) is 0 Å². The summed E-state index contributed by atoms with van der Waals surface area (Å²) >= 11 is 0. The van der Waals surface area contributed by atoms with Crippen molar-refractivity contribution in [2.75, 3.05) is 39.3 Å². The quantitative estimate of drug-likeness (QED) is 0.838. The molecule has 0 aromatic heterocycles. The lowest BCUT2D eigenvalue weighted by Gasteiger charge is -2.53. The zero-order valence-corrected chi connectivity index (χ0v) is 13.1. The average Bonchev–Trinajstić information content (AvgIpc) is 2.37. The molecule has 0 saturated carbocycles. The van der Waals surface area contributed by atoms with Gasteiger partial charge in [0.1, 0.15) is 0 Å². The Labute approximate surface area is 118 Å². The zero-order valence-electron chi connectivity index (χ0n) is 13.1. The minimum atomic E-state index is -0.0349. The van der Waals surface area contributed by atoms with Crippen LogP contribution in [0.25, 0.3) is 0 Å². The van der Waals surface area contributed by atoms with Crippen LogP contribution in [0.3, 0.4) is 0 Å². The van der Waals surface area contributed by atoms with E-state index in [1.54, 1.807) is 0 Å². The highest BCUT2D eigenvalue weighted by molar-refractivity contribution is 5.00. The molecular formula is C15H31N3O. The first-order chi connectivity index (χ1) is 8.88. The van der Waals surface area contributed by atoms with Crippen LogP contribution in [0.4, 0.5) is 0 Å². The molecule has 2 saturated heterocycles. The van der Waals surface area contributed by atoms with Gasteiger partial charge >= 0.3 is 0 Å². The fourth-order valence-electron chi connectivity index (χ4n) is 3.74. The zero-order chi connectivity index (χ0) is 14.1. The van der Waals surface area contributed by atoms with Crippen LogP contribution in [0.1, 0.15) is 40.5 Å². The molecular weight excluding hydrogens is 238 g/mol. The summed E-state index contributed by atoms with van der Waals surface area (Å²) in [5.41, 5.74) is 6.30. The first-order valence-electron chi connectivity index (χ1n) is 7.72. The van der Waals surface area contributed by atoms with Gasteiger partial charge < -0.3 is 10.5 Å². The molecule has 0 spiro atoms. The third-order valence-electron chi connectivity index (χ3n) is 4.91. The molecule has 2 fully saturated rings. The molecule has 4 heteroatoms. The molecule has 4 nitrogen and oxygen atoms in total. The molecule has 0 radical (unpaired) electrons. The Morgan fingerprint density at radius 2 is 1.79 bits per heavy atom. The predicted octanol–water partition coefficient (Wildman–Crippen LogP) is 1.30. The summed E-state index contributed by atoms with van der Waals surface area (Å²) in [6.07, 6.45) is 2.13. The van der Waals surface area contributed by atoms with Gasteiger partial charge in [0, 0.05) is 50.9 Å². The van der Waals surface area contributed by atoms with Crippen LogP contribution in [0.5, 0.6) is 0 Å². The van der Waals surface area contributed by atoms with E-state index < -0.39 is 0 Å². The molecule has 2 aliphatic rings. The minimum Gasteiger partial charge on any atom is -0.375 e.